The van der Waals surface area contributed by atoms with Gasteiger partial charge in [0.2, 0.25) is 0 Å². The third kappa shape index (κ3) is 3.50. The quantitative estimate of drug-likeness (QED) is 0.869. The van der Waals surface area contributed by atoms with E-state index < -0.39 is 6.03 Å². The van der Waals surface area contributed by atoms with E-state index >= 15 is 0 Å². The van der Waals surface area contributed by atoms with Gasteiger partial charge in [0.05, 0.1) is 0 Å². The van der Waals surface area contributed by atoms with Gasteiger partial charge in [-0.3, -0.25) is 4.79 Å². The van der Waals surface area contributed by atoms with Crippen LogP contribution in [0.2, 0.25) is 0 Å². The summed E-state index contributed by atoms with van der Waals surface area (Å²) in [6.07, 6.45) is 1.17. The minimum atomic E-state index is -0.609. The van der Waals surface area contributed by atoms with Crippen LogP contribution in [0.3, 0.4) is 0 Å². The van der Waals surface area contributed by atoms with Crippen molar-refractivity contribution in [1.29, 1.82) is 0 Å². The number of nitrogens with one attached hydrogen (secondary N) is 1. The number of likely N-dealkylation sites (tertiary alicyclic amines) is 1. The molecule has 0 aliphatic carbocycles. The summed E-state index contributed by atoms with van der Waals surface area (Å²) in [4.78, 5) is 25.1. The van der Waals surface area contributed by atoms with Gasteiger partial charge in [-0.05, 0) is 42.5 Å². The first-order valence-electron chi connectivity index (χ1n) is 6.91. The van der Waals surface area contributed by atoms with E-state index in [1.807, 2.05) is 4.90 Å². The molecule has 5 nitrogen and oxygen atoms in total. The molecule has 1 heterocycles. The molecule has 1 saturated heterocycles. The van der Waals surface area contributed by atoms with Crippen molar-refractivity contribution in [2.24, 2.45) is 17.6 Å². The van der Waals surface area contributed by atoms with Crippen LogP contribution in [0.25, 0.3) is 0 Å². The van der Waals surface area contributed by atoms with Crippen LogP contribution in [0.4, 0.5) is 10.5 Å². The molecule has 1 aliphatic heterocycles. The minimum Gasteiger partial charge on any atom is -0.351 e. The summed E-state index contributed by atoms with van der Waals surface area (Å²) >= 11 is 0. The molecule has 1 fully saturated rings. The van der Waals surface area contributed by atoms with Crippen LogP contribution in [-0.2, 0) is 0 Å². The normalized spacial score (nSPS) is 22.4. The number of piperidine rings is 1. The summed E-state index contributed by atoms with van der Waals surface area (Å²) in [6, 6.07) is 6.21. The monoisotopic (exact) mass is 275 g/mol. The van der Waals surface area contributed by atoms with E-state index in [-0.39, 0.29) is 5.91 Å². The Labute approximate surface area is 119 Å². The number of nitrogens with zero attached hydrogens (tertiary/aromatic N) is 1. The molecule has 3 amide bonds. The van der Waals surface area contributed by atoms with E-state index in [2.05, 4.69) is 19.2 Å². The molecular weight excluding hydrogens is 254 g/mol. The van der Waals surface area contributed by atoms with Gasteiger partial charge in [0.15, 0.2) is 0 Å². The number of urea groups is 1. The van der Waals surface area contributed by atoms with Crippen molar-refractivity contribution in [3.63, 3.8) is 0 Å². The number of rotatable bonds is 2. The van der Waals surface area contributed by atoms with Crippen LogP contribution in [0.15, 0.2) is 24.3 Å². The third-order valence-electron chi connectivity index (χ3n) is 3.56. The Hall–Kier alpha value is -2.04. The van der Waals surface area contributed by atoms with Crippen molar-refractivity contribution >= 4 is 17.6 Å². The summed E-state index contributed by atoms with van der Waals surface area (Å²) in [5.74, 6) is 1.13. The third-order valence-corrected chi connectivity index (χ3v) is 3.56. The molecule has 5 heteroatoms. The highest BCUT2D eigenvalue weighted by atomic mass is 16.2. The van der Waals surface area contributed by atoms with Crippen LogP contribution >= 0.6 is 0 Å². The predicted octanol–water partition coefficient (Wildman–Crippen LogP) is 2.30. The summed E-state index contributed by atoms with van der Waals surface area (Å²) in [5, 5.41) is 2.48. The first kappa shape index (κ1) is 14.4. The zero-order valence-corrected chi connectivity index (χ0v) is 11.9. The van der Waals surface area contributed by atoms with Crippen LogP contribution in [0, 0.1) is 11.8 Å². The zero-order chi connectivity index (χ0) is 14.7. The second-order valence-electron chi connectivity index (χ2n) is 5.72. The van der Waals surface area contributed by atoms with Crippen LogP contribution in [-0.4, -0.2) is 29.9 Å². The summed E-state index contributed by atoms with van der Waals surface area (Å²) in [6.45, 7) is 5.97. The second-order valence-corrected chi connectivity index (χ2v) is 5.72. The topological polar surface area (TPSA) is 75.4 Å². The maximum atomic E-state index is 12.4. The zero-order valence-electron chi connectivity index (χ0n) is 11.9. The Morgan fingerprint density at radius 3 is 2.20 bits per heavy atom. The first-order chi connectivity index (χ1) is 9.45. The average molecular weight is 275 g/mol. The molecule has 1 aromatic carbocycles. The summed E-state index contributed by atoms with van der Waals surface area (Å²) in [5.41, 5.74) is 6.28. The van der Waals surface area contributed by atoms with Crippen LogP contribution in [0.5, 0.6) is 0 Å². The van der Waals surface area contributed by atoms with Gasteiger partial charge < -0.3 is 16.0 Å². The fourth-order valence-electron chi connectivity index (χ4n) is 2.85. The Bertz CT molecular complexity index is 488. The highest BCUT2D eigenvalue weighted by Gasteiger charge is 2.25. The summed E-state index contributed by atoms with van der Waals surface area (Å²) in [7, 11) is 0. The molecule has 0 radical (unpaired) electrons. The lowest BCUT2D eigenvalue weighted by Gasteiger charge is -2.35. The van der Waals surface area contributed by atoms with Crippen molar-refractivity contribution in [2.45, 2.75) is 20.3 Å². The number of benzene rings is 1. The van der Waals surface area contributed by atoms with Gasteiger partial charge in [0.1, 0.15) is 0 Å². The van der Waals surface area contributed by atoms with Gasteiger partial charge in [-0.25, -0.2) is 4.79 Å². The lowest BCUT2D eigenvalue weighted by atomic mass is 9.91. The van der Waals surface area contributed by atoms with E-state index in [1.165, 1.54) is 6.42 Å². The molecule has 20 heavy (non-hydrogen) atoms. The van der Waals surface area contributed by atoms with Crippen molar-refractivity contribution in [3.05, 3.63) is 29.8 Å². The Balaban J connectivity index is 2.07. The standard InChI is InChI=1S/C15H21N3O2/c1-10-7-11(2)9-18(8-10)14(19)12-3-5-13(6-4-12)17-15(16)20/h3-6,10-11H,7-9H2,1-2H3,(H3,16,17,20)/t10-,11-/m1/s1. The van der Waals surface area contributed by atoms with Gasteiger partial charge >= 0.3 is 6.03 Å². The molecule has 108 valence electrons. The number of hydrogen-bond acceptors (Lipinski definition) is 2. The lowest BCUT2D eigenvalue weighted by molar-refractivity contribution is 0.0623. The summed E-state index contributed by atoms with van der Waals surface area (Å²) < 4.78 is 0. The Morgan fingerprint density at radius 2 is 1.70 bits per heavy atom. The van der Waals surface area contributed by atoms with Crippen molar-refractivity contribution in [3.8, 4) is 0 Å². The van der Waals surface area contributed by atoms with Gasteiger partial charge in [-0.1, -0.05) is 13.8 Å². The largest absolute Gasteiger partial charge is 0.351 e. The van der Waals surface area contributed by atoms with E-state index in [0.717, 1.165) is 13.1 Å². The molecule has 0 spiro atoms. The maximum absolute atomic E-state index is 12.4. The van der Waals surface area contributed by atoms with Gasteiger partial charge in [0.25, 0.3) is 5.91 Å². The molecule has 1 aromatic rings. The molecule has 0 unspecified atom stereocenters. The van der Waals surface area contributed by atoms with Gasteiger partial charge in [0, 0.05) is 24.3 Å². The molecule has 0 aromatic heterocycles. The predicted molar refractivity (Wildman–Crippen MR) is 78.5 cm³/mol. The number of nitrogens with two attached hydrogens (primary N) is 1. The molecule has 3 N–H and O–H groups in total. The first-order valence-corrected chi connectivity index (χ1v) is 6.91. The number of hydrogen-bond donors (Lipinski definition) is 2. The van der Waals surface area contributed by atoms with Crippen molar-refractivity contribution in [1.82, 2.24) is 4.90 Å². The molecular formula is C15H21N3O2. The molecule has 0 saturated carbocycles. The Kier molecular flexibility index (Phi) is 4.27. The molecule has 0 bridgehead atoms. The fourth-order valence-corrected chi connectivity index (χ4v) is 2.85. The van der Waals surface area contributed by atoms with Crippen LogP contribution < -0.4 is 11.1 Å². The highest BCUT2D eigenvalue weighted by Crippen LogP contribution is 2.22. The maximum Gasteiger partial charge on any atom is 0.316 e. The van der Waals surface area contributed by atoms with E-state index in [4.69, 9.17) is 5.73 Å². The van der Waals surface area contributed by atoms with E-state index in [9.17, 15) is 9.59 Å². The molecule has 2 atom stereocenters. The number of carbonyl (C=O) groups is 2. The van der Waals surface area contributed by atoms with Gasteiger partial charge in [-0.15, -0.1) is 0 Å². The fraction of sp³-hybridized carbons (Fsp3) is 0.467. The molecule has 1 aliphatic rings. The van der Waals surface area contributed by atoms with Crippen molar-refractivity contribution < 1.29 is 9.59 Å². The van der Waals surface area contributed by atoms with E-state index in [1.54, 1.807) is 24.3 Å². The number of anilines is 1. The molecule has 2 rings (SSSR count). The second kappa shape index (κ2) is 5.94. The number of primary amides is 1. The Morgan fingerprint density at radius 1 is 1.15 bits per heavy atom. The lowest BCUT2D eigenvalue weighted by Crippen LogP contribution is -2.42. The van der Waals surface area contributed by atoms with E-state index in [0.29, 0.717) is 23.1 Å². The number of carbonyl (C=O) groups excluding carboxylic acids is 2. The highest BCUT2D eigenvalue weighted by molar-refractivity contribution is 5.95. The van der Waals surface area contributed by atoms with Gasteiger partial charge in [-0.2, -0.15) is 0 Å². The SMILES string of the molecule is C[C@@H]1C[C@@H](C)CN(C(=O)c2ccc(NC(N)=O)cc2)C1. The minimum absolute atomic E-state index is 0.0500. The van der Waals surface area contributed by atoms with Crippen LogP contribution in [0.1, 0.15) is 30.6 Å². The smallest absolute Gasteiger partial charge is 0.316 e. The average Bonchev–Trinajstić information content (AvgIpc) is 2.37. The van der Waals surface area contributed by atoms with Crippen molar-refractivity contribution in [2.75, 3.05) is 18.4 Å². The number of amides is 3.